The molecule has 0 saturated carbocycles. The minimum absolute atomic E-state index is 0.119. The number of halogens is 5. The molecule has 88 valence electrons. The van der Waals surface area contributed by atoms with Crippen LogP contribution in [0, 0.1) is 0 Å². The van der Waals surface area contributed by atoms with E-state index >= 15 is 0 Å². The second kappa shape index (κ2) is 4.75. The third kappa shape index (κ3) is 3.48. The van der Waals surface area contributed by atoms with Gasteiger partial charge < -0.3 is 4.74 Å². The van der Waals surface area contributed by atoms with Gasteiger partial charge in [0.15, 0.2) is 5.78 Å². The maximum atomic E-state index is 12.0. The summed E-state index contributed by atoms with van der Waals surface area (Å²) in [6.07, 6.45) is -4.78. The highest BCUT2D eigenvalue weighted by atomic mass is 79.9. The Morgan fingerprint density at radius 3 is 2.31 bits per heavy atom. The fraction of sp³-hybridized carbons (Fsp3) is 0.222. The van der Waals surface area contributed by atoms with Crippen molar-refractivity contribution >= 4 is 37.6 Å². The molecule has 1 rings (SSSR count). The number of carbonyl (C=O) groups excluding carboxylic acids is 1. The summed E-state index contributed by atoms with van der Waals surface area (Å²) in [7, 11) is 0. The number of ether oxygens (including phenoxy) is 1. The molecular formula is C9H5Br2F3O2. The molecule has 2 nitrogen and oxygen atoms in total. The zero-order chi connectivity index (χ0) is 12.5. The second-order valence-corrected chi connectivity index (χ2v) is 4.52. The second-order valence-electron chi connectivity index (χ2n) is 2.87. The lowest BCUT2D eigenvalue weighted by atomic mass is 10.1. The first-order valence-corrected chi connectivity index (χ1v) is 5.55. The Bertz CT molecular complexity index is 429. The van der Waals surface area contributed by atoms with Gasteiger partial charge in [0.2, 0.25) is 0 Å². The topological polar surface area (TPSA) is 26.3 Å². The molecule has 1 aromatic carbocycles. The van der Waals surface area contributed by atoms with Crippen LogP contribution in [0.1, 0.15) is 17.3 Å². The zero-order valence-electron chi connectivity index (χ0n) is 7.86. The van der Waals surface area contributed by atoms with Crippen LogP contribution in [-0.4, -0.2) is 12.1 Å². The van der Waals surface area contributed by atoms with Crippen molar-refractivity contribution in [2.75, 3.05) is 0 Å². The lowest BCUT2D eigenvalue weighted by molar-refractivity contribution is -0.274. The molecule has 0 bridgehead atoms. The van der Waals surface area contributed by atoms with Crippen molar-refractivity contribution in [1.29, 1.82) is 0 Å². The number of ketones is 1. The predicted octanol–water partition coefficient (Wildman–Crippen LogP) is 4.31. The first-order chi connectivity index (χ1) is 7.20. The molecule has 16 heavy (non-hydrogen) atoms. The van der Waals surface area contributed by atoms with Crippen LogP contribution in [0.4, 0.5) is 13.2 Å². The molecule has 7 heteroatoms. The van der Waals surface area contributed by atoms with Crippen molar-refractivity contribution in [3.05, 3.63) is 26.6 Å². The van der Waals surface area contributed by atoms with Crippen molar-refractivity contribution in [1.82, 2.24) is 0 Å². The number of rotatable bonds is 2. The fourth-order valence-electron chi connectivity index (χ4n) is 1.01. The molecule has 0 fully saturated rings. The minimum Gasteiger partial charge on any atom is -0.406 e. The van der Waals surface area contributed by atoms with Crippen molar-refractivity contribution < 1.29 is 22.7 Å². The van der Waals surface area contributed by atoms with Crippen LogP contribution in [-0.2, 0) is 0 Å². The van der Waals surface area contributed by atoms with Gasteiger partial charge in [0, 0.05) is 14.5 Å². The van der Waals surface area contributed by atoms with Crippen LogP contribution in [0.25, 0.3) is 0 Å². The molecule has 0 amide bonds. The van der Waals surface area contributed by atoms with Gasteiger partial charge in [0.05, 0.1) is 0 Å². The standard InChI is InChI=1S/C9H5Br2F3O2/c1-4(15)6-2-5(16-9(12,13)14)3-7(10)8(6)11/h2-3H,1H3. The third-order valence-electron chi connectivity index (χ3n) is 1.61. The van der Waals surface area contributed by atoms with Gasteiger partial charge >= 0.3 is 6.36 Å². The third-order valence-corrected chi connectivity index (χ3v) is 3.63. The van der Waals surface area contributed by atoms with Gasteiger partial charge in [-0.3, -0.25) is 4.79 Å². The normalized spacial score (nSPS) is 11.4. The monoisotopic (exact) mass is 360 g/mol. The van der Waals surface area contributed by atoms with E-state index in [2.05, 4.69) is 36.6 Å². The van der Waals surface area contributed by atoms with Crippen LogP contribution in [0.5, 0.6) is 5.75 Å². The van der Waals surface area contributed by atoms with Crippen molar-refractivity contribution in [3.8, 4) is 5.75 Å². The van der Waals surface area contributed by atoms with Gasteiger partial charge in [-0.25, -0.2) is 0 Å². The van der Waals surface area contributed by atoms with E-state index in [1.165, 1.54) is 6.92 Å². The zero-order valence-corrected chi connectivity index (χ0v) is 11.0. The molecule has 0 spiro atoms. The predicted molar refractivity (Wildman–Crippen MR) is 58.5 cm³/mol. The summed E-state index contributed by atoms with van der Waals surface area (Å²) in [5.74, 6) is -0.798. The van der Waals surface area contributed by atoms with Crippen molar-refractivity contribution in [2.24, 2.45) is 0 Å². The Hall–Kier alpha value is -0.560. The highest BCUT2D eigenvalue weighted by molar-refractivity contribution is 9.13. The molecule has 0 aliphatic rings. The average Bonchev–Trinajstić information content (AvgIpc) is 2.07. The first kappa shape index (κ1) is 13.5. The SMILES string of the molecule is CC(=O)c1cc(OC(F)(F)F)cc(Br)c1Br. The lowest BCUT2D eigenvalue weighted by Crippen LogP contribution is -2.17. The molecule has 0 aromatic heterocycles. The Balaban J connectivity index is 3.19. The molecule has 0 heterocycles. The Kier molecular flexibility index (Phi) is 4.01. The van der Waals surface area contributed by atoms with Crippen LogP contribution in [0.15, 0.2) is 21.1 Å². The Morgan fingerprint density at radius 2 is 1.88 bits per heavy atom. The molecule has 1 aromatic rings. The summed E-state index contributed by atoms with van der Waals surface area (Å²) in [4.78, 5) is 11.1. The molecule has 0 aliphatic heterocycles. The number of hydrogen-bond donors (Lipinski definition) is 0. The summed E-state index contributed by atoms with van der Waals surface area (Å²) in [6, 6.07) is 2.16. The fourth-order valence-corrected chi connectivity index (χ4v) is 1.96. The maximum absolute atomic E-state index is 12.0. The highest BCUT2D eigenvalue weighted by Gasteiger charge is 2.31. The molecule has 0 saturated heterocycles. The Labute approximate surface area is 106 Å². The number of hydrogen-bond acceptors (Lipinski definition) is 2. The highest BCUT2D eigenvalue weighted by Crippen LogP contribution is 2.34. The van der Waals surface area contributed by atoms with E-state index in [9.17, 15) is 18.0 Å². The van der Waals surface area contributed by atoms with E-state index in [0.29, 0.717) is 8.95 Å². The van der Waals surface area contributed by atoms with Gasteiger partial charge in [-0.2, -0.15) is 0 Å². The van der Waals surface area contributed by atoms with Crippen molar-refractivity contribution in [3.63, 3.8) is 0 Å². The first-order valence-electron chi connectivity index (χ1n) is 3.96. The van der Waals surface area contributed by atoms with E-state index < -0.39 is 12.1 Å². The van der Waals surface area contributed by atoms with Gasteiger partial charge in [-0.05, 0) is 50.9 Å². The van der Waals surface area contributed by atoms with Gasteiger partial charge in [-0.1, -0.05) is 0 Å². The Morgan fingerprint density at radius 1 is 1.31 bits per heavy atom. The van der Waals surface area contributed by atoms with Gasteiger partial charge in [0.1, 0.15) is 5.75 Å². The van der Waals surface area contributed by atoms with Crippen LogP contribution in [0.3, 0.4) is 0 Å². The average molecular weight is 362 g/mol. The summed E-state index contributed by atoms with van der Waals surface area (Å²) in [5, 5.41) is 0. The van der Waals surface area contributed by atoms with E-state index in [1.54, 1.807) is 0 Å². The smallest absolute Gasteiger partial charge is 0.406 e. The molecule has 0 atom stereocenters. The minimum atomic E-state index is -4.78. The molecule has 0 aliphatic carbocycles. The van der Waals surface area contributed by atoms with E-state index in [4.69, 9.17) is 0 Å². The van der Waals surface area contributed by atoms with Crippen LogP contribution in [0.2, 0.25) is 0 Å². The summed E-state index contributed by atoms with van der Waals surface area (Å²) < 4.78 is 40.4. The van der Waals surface area contributed by atoms with Crippen molar-refractivity contribution in [2.45, 2.75) is 13.3 Å². The molecule has 0 unspecified atom stereocenters. The summed E-state index contributed by atoms with van der Waals surface area (Å²) in [5.41, 5.74) is 0.119. The molecular weight excluding hydrogens is 357 g/mol. The largest absolute Gasteiger partial charge is 0.573 e. The number of alkyl halides is 3. The maximum Gasteiger partial charge on any atom is 0.573 e. The van der Waals surface area contributed by atoms with Crippen LogP contribution >= 0.6 is 31.9 Å². The van der Waals surface area contributed by atoms with E-state index in [0.717, 1.165) is 12.1 Å². The molecule has 0 radical (unpaired) electrons. The quantitative estimate of drug-likeness (QED) is 0.733. The summed E-state index contributed by atoms with van der Waals surface area (Å²) >= 11 is 6.12. The number of benzene rings is 1. The lowest BCUT2D eigenvalue weighted by Gasteiger charge is -2.11. The molecule has 0 N–H and O–H groups in total. The van der Waals surface area contributed by atoms with E-state index in [-0.39, 0.29) is 11.3 Å². The van der Waals surface area contributed by atoms with E-state index in [1.807, 2.05) is 0 Å². The number of carbonyl (C=O) groups is 1. The number of Topliss-reactive ketones (excluding diaryl/α,β-unsaturated/α-hetero) is 1. The van der Waals surface area contributed by atoms with Gasteiger partial charge in [-0.15, -0.1) is 13.2 Å². The van der Waals surface area contributed by atoms with Gasteiger partial charge in [0.25, 0.3) is 0 Å². The van der Waals surface area contributed by atoms with Crippen LogP contribution < -0.4 is 4.74 Å². The summed E-state index contributed by atoms with van der Waals surface area (Å²) in [6.45, 7) is 1.25.